The summed E-state index contributed by atoms with van der Waals surface area (Å²) in [5.74, 6) is -0.0818. The number of alkyl halides is 3. The van der Waals surface area contributed by atoms with Crippen molar-refractivity contribution in [1.29, 1.82) is 0 Å². The van der Waals surface area contributed by atoms with Gasteiger partial charge in [-0.25, -0.2) is 0 Å². The number of benzene rings is 1. The lowest BCUT2D eigenvalue weighted by atomic mass is 10.1. The average Bonchev–Trinajstić information content (AvgIpc) is 2.97. The van der Waals surface area contributed by atoms with Crippen LogP contribution in [0.3, 0.4) is 0 Å². The molecule has 1 fully saturated rings. The quantitative estimate of drug-likeness (QED) is 0.890. The number of nitrogens with zero attached hydrogens (tertiary/aromatic N) is 3. The Kier molecular flexibility index (Phi) is 3.93. The maximum absolute atomic E-state index is 12.6. The predicted molar refractivity (Wildman–Crippen MR) is 80.4 cm³/mol. The molecule has 23 heavy (non-hydrogen) atoms. The first kappa shape index (κ1) is 15.7. The molecule has 1 aromatic heterocycles. The zero-order chi connectivity index (χ0) is 16.6. The first-order chi connectivity index (χ1) is 10.8. The Morgan fingerprint density at radius 2 is 1.83 bits per heavy atom. The second-order valence-corrected chi connectivity index (χ2v) is 5.66. The Balaban J connectivity index is 1.83. The summed E-state index contributed by atoms with van der Waals surface area (Å²) >= 11 is 0. The van der Waals surface area contributed by atoms with Crippen molar-refractivity contribution in [2.45, 2.75) is 6.18 Å². The van der Waals surface area contributed by atoms with Gasteiger partial charge in [0.1, 0.15) is 11.4 Å². The molecule has 1 aromatic carbocycles. The average molecular weight is 326 g/mol. The van der Waals surface area contributed by atoms with E-state index in [9.17, 15) is 18.3 Å². The van der Waals surface area contributed by atoms with E-state index in [-0.39, 0.29) is 17.0 Å². The van der Waals surface area contributed by atoms with Crippen LogP contribution in [0.2, 0.25) is 0 Å². The molecule has 0 spiro atoms. The molecule has 2 heterocycles. The van der Waals surface area contributed by atoms with Crippen LogP contribution >= 0.6 is 0 Å². The van der Waals surface area contributed by atoms with E-state index >= 15 is 0 Å². The largest absolute Gasteiger partial charge is 0.507 e. The molecular weight excluding hydrogens is 309 g/mol. The molecule has 5 nitrogen and oxygen atoms in total. The lowest BCUT2D eigenvalue weighted by Gasteiger charge is -2.34. The molecule has 2 N–H and O–H groups in total. The Morgan fingerprint density at radius 1 is 1.13 bits per heavy atom. The number of H-pyrrole nitrogens is 1. The van der Waals surface area contributed by atoms with E-state index < -0.39 is 11.9 Å². The third-order valence-electron chi connectivity index (χ3n) is 4.01. The second kappa shape index (κ2) is 5.77. The molecule has 1 saturated heterocycles. The predicted octanol–water partition coefficient (Wildman–Crippen LogP) is 2.55. The van der Waals surface area contributed by atoms with Crippen LogP contribution in [0.25, 0.3) is 11.3 Å². The Hall–Kier alpha value is -2.22. The lowest BCUT2D eigenvalue weighted by molar-refractivity contribution is -0.141. The molecule has 0 aliphatic carbocycles. The highest BCUT2D eigenvalue weighted by atomic mass is 19.4. The Morgan fingerprint density at radius 3 is 2.39 bits per heavy atom. The molecule has 2 aromatic rings. The van der Waals surface area contributed by atoms with Gasteiger partial charge in [0.25, 0.3) is 0 Å². The summed E-state index contributed by atoms with van der Waals surface area (Å²) in [6.07, 6.45) is -4.49. The second-order valence-electron chi connectivity index (χ2n) is 5.66. The van der Waals surface area contributed by atoms with E-state index in [1.54, 1.807) is 18.2 Å². The molecule has 0 radical (unpaired) electrons. The van der Waals surface area contributed by atoms with Gasteiger partial charge in [0.2, 0.25) is 0 Å². The first-order valence-electron chi connectivity index (χ1n) is 7.24. The summed E-state index contributed by atoms with van der Waals surface area (Å²) in [4.78, 5) is 4.35. The topological polar surface area (TPSA) is 55.4 Å². The maximum atomic E-state index is 12.6. The lowest BCUT2D eigenvalue weighted by Crippen LogP contribution is -2.44. The number of aromatic hydroxyl groups is 1. The van der Waals surface area contributed by atoms with Crippen molar-refractivity contribution in [2.24, 2.45) is 0 Å². The molecule has 0 bridgehead atoms. The van der Waals surface area contributed by atoms with Crippen LogP contribution in [0.5, 0.6) is 5.75 Å². The van der Waals surface area contributed by atoms with Gasteiger partial charge in [0.05, 0.1) is 5.69 Å². The summed E-state index contributed by atoms with van der Waals surface area (Å²) in [5, 5.41) is 15.8. The highest BCUT2D eigenvalue weighted by molar-refractivity contribution is 5.71. The van der Waals surface area contributed by atoms with Gasteiger partial charge in [-0.2, -0.15) is 18.3 Å². The zero-order valence-corrected chi connectivity index (χ0v) is 12.6. The minimum atomic E-state index is -4.49. The van der Waals surface area contributed by atoms with Crippen molar-refractivity contribution in [3.63, 3.8) is 0 Å². The van der Waals surface area contributed by atoms with Crippen LogP contribution in [0.4, 0.5) is 18.9 Å². The van der Waals surface area contributed by atoms with Crippen molar-refractivity contribution < 1.29 is 18.3 Å². The number of rotatable bonds is 2. The van der Waals surface area contributed by atoms with Crippen molar-refractivity contribution in [3.05, 3.63) is 30.0 Å². The number of phenolic OH excluding ortho intramolecular Hbond substituents is 1. The number of hydrogen-bond donors (Lipinski definition) is 2. The van der Waals surface area contributed by atoms with Crippen LogP contribution in [-0.4, -0.2) is 53.4 Å². The van der Waals surface area contributed by atoms with E-state index in [4.69, 9.17) is 0 Å². The SMILES string of the molecule is CN1CCN(c2ccc(-c3cc(C(F)(F)F)[nH]n3)c(O)c2)CC1. The number of hydrogen-bond acceptors (Lipinski definition) is 4. The van der Waals surface area contributed by atoms with Crippen LogP contribution in [0.15, 0.2) is 24.3 Å². The fourth-order valence-corrected chi connectivity index (χ4v) is 2.60. The molecule has 0 amide bonds. The summed E-state index contributed by atoms with van der Waals surface area (Å²) in [6, 6.07) is 5.86. The molecule has 3 rings (SSSR count). The number of aromatic amines is 1. The van der Waals surface area contributed by atoms with E-state index in [0.29, 0.717) is 0 Å². The summed E-state index contributed by atoms with van der Waals surface area (Å²) in [6.45, 7) is 3.54. The van der Waals surface area contributed by atoms with E-state index in [1.165, 1.54) is 0 Å². The number of nitrogens with one attached hydrogen (secondary N) is 1. The van der Waals surface area contributed by atoms with E-state index in [2.05, 4.69) is 14.9 Å². The molecule has 0 unspecified atom stereocenters. The smallest absolute Gasteiger partial charge is 0.432 e. The Bertz CT molecular complexity index is 690. The monoisotopic (exact) mass is 326 g/mol. The van der Waals surface area contributed by atoms with Crippen molar-refractivity contribution >= 4 is 5.69 Å². The number of piperazine rings is 1. The highest BCUT2D eigenvalue weighted by Crippen LogP contribution is 2.35. The third-order valence-corrected chi connectivity index (χ3v) is 4.01. The number of phenols is 1. The van der Waals surface area contributed by atoms with Gasteiger partial charge in [0.15, 0.2) is 0 Å². The van der Waals surface area contributed by atoms with Crippen LogP contribution in [0, 0.1) is 0 Å². The van der Waals surface area contributed by atoms with Crippen molar-refractivity contribution in [1.82, 2.24) is 15.1 Å². The molecule has 0 saturated carbocycles. The van der Waals surface area contributed by atoms with Gasteiger partial charge in [-0.05, 0) is 25.2 Å². The maximum Gasteiger partial charge on any atom is 0.432 e. The van der Waals surface area contributed by atoms with Gasteiger partial charge in [0, 0.05) is 43.5 Å². The number of aromatic nitrogens is 2. The zero-order valence-electron chi connectivity index (χ0n) is 12.6. The normalized spacial score (nSPS) is 16.8. The van der Waals surface area contributed by atoms with E-state index in [1.807, 2.05) is 12.1 Å². The number of likely N-dealkylation sites (N-methyl/N-ethyl adjacent to an activating group) is 1. The third kappa shape index (κ3) is 3.26. The van der Waals surface area contributed by atoms with Gasteiger partial charge >= 0.3 is 6.18 Å². The van der Waals surface area contributed by atoms with Crippen molar-refractivity contribution in [3.8, 4) is 17.0 Å². The van der Waals surface area contributed by atoms with Gasteiger partial charge in [-0.15, -0.1) is 0 Å². The standard InChI is InChI=1S/C15H17F3N4O/c1-21-4-6-22(7-5-21)10-2-3-11(13(23)8-10)12-9-14(20-19-12)15(16,17)18/h2-3,8-9,23H,4-7H2,1H3,(H,19,20). The minimum Gasteiger partial charge on any atom is -0.507 e. The highest BCUT2D eigenvalue weighted by Gasteiger charge is 2.33. The van der Waals surface area contributed by atoms with E-state index in [0.717, 1.165) is 37.9 Å². The van der Waals surface area contributed by atoms with Gasteiger partial charge in [-0.3, -0.25) is 5.10 Å². The molecule has 124 valence electrons. The molecule has 1 aliphatic rings. The minimum absolute atomic E-state index is 0.0692. The molecule has 1 aliphatic heterocycles. The Labute approximate surface area is 131 Å². The van der Waals surface area contributed by atoms with Gasteiger partial charge in [-0.1, -0.05) is 0 Å². The van der Waals surface area contributed by atoms with Crippen molar-refractivity contribution in [2.75, 3.05) is 38.1 Å². The molecular formula is C15H17F3N4O. The van der Waals surface area contributed by atoms with Crippen LogP contribution in [-0.2, 0) is 6.18 Å². The van der Waals surface area contributed by atoms with Gasteiger partial charge < -0.3 is 14.9 Å². The van der Waals surface area contributed by atoms with Crippen LogP contribution in [0.1, 0.15) is 5.69 Å². The number of anilines is 1. The first-order valence-corrected chi connectivity index (χ1v) is 7.24. The fourth-order valence-electron chi connectivity index (χ4n) is 2.60. The fraction of sp³-hybridized carbons (Fsp3) is 0.400. The molecule has 0 atom stereocenters. The van der Waals surface area contributed by atoms with Crippen LogP contribution < -0.4 is 4.90 Å². The summed E-state index contributed by atoms with van der Waals surface area (Å²) in [7, 11) is 2.05. The summed E-state index contributed by atoms with van der Waals surface area (Å²) < 4.78 is 37.8. The molecule has 8 heteroatoms. The summed E-state index contributed by atoms with van der Waals surface area (Å²) in [5.41, 5.74) is 0.260. The number of halogens is 3.